The Balaban J connectivity index is 1.41. The van der Waals surface area contributed by atoms with E-state index in [4.69, 9.17) is 4.84 Å². The van der Waals surface area contributed by atoms with Crippen molar-refractivity contribution in [1.82, 2.24) is 5.06 Å². The Morgan fingerprint density at radius 3 is 2.22 bits per heavy atom. The number of hydrogen-bond acceptors (Lipinski definition) is 6. The van der Waals surface area contributed by atoms with Crippen LogP contribution in [-0.2, 0) is 30.9 Å². The summed E-state index contributed by atoms with van der Waals surface area (Å²) in [5, 5.41) is 1.73. The molecule has 192 valence electrons. The lowest BCUT2D eigenvalue weighted by Gasteiger charge is -2.52. The van der Waals surface area contributed by atoms with Crippen molar-refractivity contribution >= 4 is 19.7 Å². The van der Waals surface area contributed by atoms with Crippen LogP contribution in [0.5, 0.6) is 0 Å². The second kappa shape index (κ2) is 9.20. The number of allylic oxidation sites excluding steroid dienone is 1. The largest absolute Gasteiger partial charge is 0.278 e. The number of hydroxylamine groups is 2. The fourth-order valence-electron chi connectivity index (χ4n) is 6.38. The molecule has 8 heteroatoms. The molecular formula is C29H29NO5S2. The minimum absolute atomic E-state index is 0.00264. The number of sulfone groups is 2. The molecule has 1 saturated heterocycles. The van der Waals surface area contributed by atoms with Crippen LogP contribution in [0, 0.1) is 5.92 Å². The van der Waals surface area contributed by atoms with Gasteiger partial charge in [0.15, 0.2) is 15.3 Å². The van der Waals surface area contributed by atoms with Gasteiger partial charge >= 0.3 is 0 Å². The molecule has 1 fully saturated rings. The molecule has 0 N–H and O–H groups in total. The van der Waals surface area contributed by atoms with E-state index in [1.165, 1.54) is 11.1 Å². The van der Waals surface area contributed by atoms with Crippen molar-refractivity contribution in [3.05, 3.63) is 108 Å². The van der Waals surface area contributed by atoms with Crippen molar-refractivity contribution in [2.24, 2.45) is 5.92 Å². The van der Waals surface area contributed by atoms with Crippen molar-refractivity contribution < 1.29 is 21.7 Å². The topological polar surface area (TPSA) is 80.8 Å². The Kier molecular flexibility index (Phi) is 6.11. The van der Waals surface area contributed by atoms with E-state index in [-0.39, 0.29) is 40.3 Å². The van der Waals surface area contributed by atoms with Crippen LogP contribution in [0.4, 0.5) is 0 Å². The van der Waals surface area contributed by atoms with Gasteiger partial charge in [-0.15, -0.1) is 0 Å². The maximum absolute atomic E-state index is 13.7. The van der Waals surface area contributed by atoms with E-state index in [1.54, 1.807) is 65.7 Å². The zero-order chi connectivity index (χ0) is 25.7. The van der Waals surface area contributed by atoms with Gasteiger partial charge in [-0.1, -0.05) is 72.8 Å². The first-order chi connectivity index (χ1) is 17.8. The predicted molar refractivity (Wildman–Crippen MR) is 141 cm³/mol. The fraction of sp³-hybridized carbons (Fsp3) is 0.310. The van der Waals surface area contributed by atoms with Crippen LogP contribution in [0.1, 0.15) is 29.9 Å². The van der Waals surface area contributed by atoms with Crippen molar-refractivity contribution in [2.45, 2.75) is 45.9 Å². The van der Waals surface area contributed by atoms with E-state index in [0.717, 1.165) is 12.8 Å². The van der Waals surface area contributed by atoms with E-state index >= 15 is 0 Å². The highest BCUT2D eigenvalue weighted by Gasteiger charge is 2.61. The second-order valence-corrected chi connectivity index (χ2v) is 14.2. The lowest BCUT2D eigenvalue weighted by atomic mass is 9.59. The molecule has 1 aliphatic heterocycles. The van der Waals surface area contributed by atoms with Gasteiger partial charge in [-0.05, 0) is 48.2 Å². The molecule has 6 rings (SSSR count). The molecule has 3 aromatic carbocycles. The molecule has 0 amide bonds. The molecule has 1 spiro atoms. The van der Waals surface area contributed by atoms with Crippen LogP contribution in [0.2, 0.25) is 0 Å². The molecule has 0 saturated carbocycles. The summed E-state index contributed by atoms with van der Waals surface area (Å²) >= 11 is 0. The summed E-state index contributed by atoms with van der Waals surface area (Å²) in [5.41, 5.74) is 0.720. The summed E-state index contributed by atoms with van der Waals surface area (Å²) in [6.45, 7) is 0.0844. The van der Waals surface area contributed by atoms with Gasteiger partial charge in [0, 0.05) is 24.8 Å². The third kappa shape index (κ3) is 4.07. The lowest BCUT2D eigenvalue weighted by Crippen LogP contribution is -2.57. The van der Waals surface area contributed by atoms with Gasteiger partial charge in [0.25, 0.3) is 0 Å². The lowest BCUT2D eigenvalue weighted by molar-refractivity contribution is -0.187. The number of benzene rings is 3. The summed E-state index contributed by atoms with van der Waals surface area (Å²) in [6.07, 6.45) is 6.13. The smallest absolute Gasteiger partial charge is 0.207 e. The summed E-state index contributed by atoms with van der Waals surface area (Å²) in [6, 6.07) is 25.1. The van der Waals surface area contributed by atoms with Crippen LogP contribution < -0.4 is 0 Å². The first-order valence-corrected chi connectivity index (χ1v) is 15.8. The molecule has 1 heterocycles. The fourth-order valence-corrected chi connectivity index (χ4v) is 9.14. The van der Waals surface area contributed by atoms with Gasteiger partial charge in [0.2, 0.25) is 9.84 Å². The van der Waals surface area contributed by atoms with Gasteiger partial charge in [-0.2, -0.15) is 5.06 Å². The number of fused-ring (bicyclic) bond motifs is 2. The van der Waals surface area contributed by atoms with Gasteiger partial charge in [0.05, 0.1) is 21.1 Å². The number of hydrogen-bond donors (Lipinski definition) is 0. The van der Waals surface area contributed by atoms with Gasteiger partial charge < -0.3 is 0 Å². The number of rotatable bonds is 6. The maximum Gasteiger partial charge on any atom is 0.207 e. The van der Waals surface area contributed by atoms with Crippen LogP contribution in [0.15, 0.2) is 107 Å². The summed E-state index contributed by atoms with van der Waals surface area (Å²) in [5.74, 6) is -0.152. The molecule has 0 aromatic heterocycles. The Morgan fingerprint density at radius 1 is 0.838 bits per heavy atom. The highest BCUT2D eigenvalue weighted by Crippen LogP contribution is 2.57. The average Bonchev–Trinajstić information content (AvgIpc) is 3.29. The second-order valence-electron chi connectivity index (χ2n) is 10.0. The minimum atomic E-state index is -3.80. The quantitative estimate of drug-likeness (QED) is 0.431. The van der Waals surface area contributed by atoms with Crippen LogP contribution >= 0.6 is 0 Å². The third-order valence-corrected chi connectivity index (χ3v) is 11.7. The van der Waals surface area contributed by atoms with Crippen molar-refractivity contribution in [3.8, 4) is 0 Å². The Hall–Kier alpha value is -2.78. The molecule has 2 unspecified atom stereocenters. The Bertz CT molecular complexity index is 1540. The number of nitrogens with zero attached hydrogens (tertiary/aromatic N) is 1. The van der Waals surface area contributed by atoms with E-state index in [9.17, 15) is 16.8 Å². The summed E-state index contributed by atoms with van der Waals surface area (Å²) in [4.78, 5) is 6.77. The average molecular weight is 536 g/mol. The highest BCUT2D eigenvalue weighted by molar-refractivity contribution is 7.92. The van der Waals surface area contributed by atoms with E-state index in [1.807, 2.05) is 12.1 Å². The molecule has 3 aromatic rings. The Labute approximate surface area is 218 Å². The molecule has 4 atom stereocenters. The standard InChI is InChI=1S/C29H29NO5S2/c31-36(32,24-12-3-1-4-13-24)19-18-30-29(21-28(35-30)37(33,34)25-14-5-2-6-15-25)23-11-9-17-27(29)26-16-8-7-10-22(26)20-23/h1-16,23,27-28H,17-21H2/t23?,27?,28-,29+/m1/s1. The summed E-state index contributed by atoms with van der Waals surface area (Å²) < 4.78 is 53.8. The first kappa shape index (κ1) is 24.6. The van der Waals surface area contributed by atoms with Crippen LogP contribution in [0.25, 0.3) is 0 Å². The first-order valence-electron chi connectivity index (χ1n) is 12.6. The SMILES string of the molecule is O=S(=O)(CCN1O[C@H](S(=O)(=O)c2ccccc2)C[C@@]12C1C=CCC2c2ccccc2C1)c1ccccc1. The minimum Gasteiger partial charge on any atom is -0.278 e. The van der Waals surface area contributed by atoms with Gasteiger partial charge in [-0.3, -0.25) is 4.84 Å². The molecule has 0 radical (unpaired) electrons. The molecular weight excluding hydrogens is 506 g/mol. The van der Waals surface area contributed by atoms with Crippen molar-refractivity contribution in [3.63, 3.8) is 0 Å². The van der Waals surface area contributed by atoms with Crippen LogP contribution in [-0.4, -0.2) is 45.2 Å². The van der Waals surface area contributed by atoms with Crippen molar-refractivity contribution in [1.29, 1.82) is 0 Å². The highest BCUT2D eigenvalue weighted by atomic mass is 32.2. The van der Waals surface area contributed by atoms with E-state index in [0.29, 0.717) is 0 Å². The van der Waals surface area contributed by atoms with Crippen molar-refractivity contribution in [2.75, 3.05) is 12.3 Å². The Morgan fingerprint density at radius 2 is 1.49 bits per heavy atom. The predicted octanol–water partition coefficient (Wildman–Crippen LogP) is 4.55. The van der Waals surface area contributed by atoms with E-state index in [2.05, 4.69) is 24.3 Å². The molecule has 2 bridgehead atoms. The van der Waals surface area contributed by atoms with Gasteiger partial charge in [0.1, 0.15) is 0 Å². The maximum atomic E-state index is 13.7. The van der Waals surface area contributed by atoms with E-state index < -0.39 is 30.6 Å². The molecule has 3 aliphatic rings. The normalized spacial score (nSPS) is 27.3. The summed E-state index contributed by atoms with van der Waals surface area (Å²) in [7, 11) is -7.38. The van der Waals surface area contributed by atoms with Gasteiger partial charge in [-0.25, -0.2) is 16.8 Å². The third-order valence-electron chi connectivity index (χ3n) is 8.14. The van der Waals surface area contributed by atoms with Crippen LogP contribution in [0.3, 0.4) is 0 Å². The zero-order valence-corrected chi connectivity index (χ0v) is 21.9. The monoisotopic (exact) mass is 535 g/mol. The molecule has 6 nitrogen and oxygen atoms in total. The molecule has 37 heavy (non-hydrogen) atoms. The molecule has 2 aliphatic carbocycles. The zero-order valence-electron chi connectivity index (χ0n) is 20.3.